The van der Waals surface area contributed by atoms with Crippen molar-refractivity contribution in [1.82, 2.24) is 19.7 Å². The first-order valence-corrected chi connectivity index (χ1v) is 4.82. The van der Waals surface area contributed by atoms with E-state index in [1.165, 1.54) is 6.07 Å². The summed E-state index contributed by atoms with van der Waals surface area (Å²) in [4.78, 5) is 17.9. The van der Waals surface area contributed by atoms with Crippen molar-refractivity contribution in [2.45, 2.75) is 0 Å². The Morgan fingerprint density at radius 1 is 1.24 bits per heavy atom. The number of rotatable bonds is 1. The molecule has 17 heavy (non-hydrogen) atoms. The zero-order valence-electron chi connectivity index (χ0n) is 8.70. The summed E-state index contributed by atoms with van der Waals surface area (Å²) in [5.41, 5.74) is 2.21. The molecule has 5 nitrogen and oxygen atoms in total. The molecule has 3 heterocycles. The Bertz CT molecular complexity index is 689. The van der Waals surface area contributed by atoms with E-state index in [1.54, 1.807) is 29.3 Å². The lowest BCUT2D eigenvalue weighted by molar-refractivity contribution is 0.889. The van der Waals surface area contributed by atoms with Crippen LogP contribution in [0.15, 0.2) is 47.7 Å². The van der Waals surface area contributed by atoms with Crippen LogP contribution in [-0.4, -0.2) is 19.7 Å². The lowest BCUT2D eigenvalue weighted by Gasteiger charge is -1.97. The normalized spacial score (nSPS) is 10.1. The first-order valence-electron chi connectivity index (χ1n) is 4.82. The average Bonchev–Trinajstić information content (AvgIpc) is 2.73. The van der Waals surface area contributed by atoms with Gasteiger partial charge in [0, 0.05) is 12.3 Å². The van der Waals surface area contributed by atoms with Gasteiger partial charge in [-0.05, 0) is 18.2 Å². The van der Waals surface area contributed by atoms with Crippen LogP contribution in [0, 0.1) is 0 Å². The summed E-state index contributed by atoms with van der Waals surface area (Å²) in [6, 6.07) is 6.89. The number of pyridine rings is 2. The molecule has 0 amide bonds. The van der Waals surface area contributed by atoms with E-state index < -0.39 is 0 Å². The van der Waals surface area contributed by atoms with Crippen LogP contribution in [-0.2, 0) is 0 Å². The van der Waals surface area contributed by atoms with E-state index in [2.05, 4.69) is 15.1 Å². The number of halogens is 1. The molecule has 3 rings (SSSR count). The van der Waals surface area contributed by atoms with Gasteiger partial charge in [-0.3, -0.25) is 9.78 Å². The molecule has 0 saturated carbocycles. The van der Waals surface area contributed by atoms with E-state index in [0.717, 1.165) is 16.7 Å². The Balaban J connectivity index is 0.00000108. The monoisotopic (exact) mass is 248 g/mol. The Kier molecular flexibility index (Phi) is 2.93. The Hall–Kier alpha value is -2.14. The van der Waals surface area contributed by atoms with Crippen molar-refractivity contribution in [3.05, 3.63) is 53.2 Å². The van der Waals surface area contributed by atoms with Gasteiger partial charge in [0.15, 0.2) is 0 Å². The topological polar surface area (TPSA) is 63.6 Å². The summed E-state index contributed by atoms with van der Waals surface area (Å²) >= 11 is 0. The molecule has 0 spiro atoms. The molecule has 0 aliphatic heterocycles. The molecule has 3 aromatic rings. The fourth-order valence-corrected chi connectivity index (χ4v) is 1.56. The third kappa shape index (κ3) is 2.05. The lowest BCUT2D eigenvalue weighted by atomic mass is 10.4. The molecule has 0 fully saturated rings. The Morgan fingerprint density at radius 3 is 2.88 bits per heavy atom. The maximum atomic E-state index is 11.1. The highest BCUT2D eigenvalue weighted by Crippen LogP contribution is 2.10. The molecular formula is C11H9ClN4O. The standard InChI is InChI=1S/C11H8N4O.ClH/c16-11-4-3-9-10(13-11)7-15(14-9)8-2-1-5-12-6-8;/h1-7H,(H,13,16);1H. The van der Waals surface area contributed by atoms with Crippen molar-refractivity contribution < 1.29 is 0 Å². The van der Waals surface area contributed by atoms with Crippen molar-refractivity contribution >= 4 is 23.4 Å². The third-order valence-corrected chi connectivity index (χ3v) is 2.30. The number of H-pyrrole nitrogens is 1. The van der Waals surface area contributed by atoms with Crippen LogP contribution in [0.4, 0.5) is 0 Å². The van der Waals surface area contributed by atoms with Crippen molar-refractivity contribution in [3.8, 4) is 5.69 Å². The molecule has 0 bridgehead atoms. The average molecular weight is 249 g/mol. The smallest absolute Gasteiger partial charge is 0.248 e. The van der Waals surface area contributed by atoms with Crippen molar-refractivity contribution in [1.29, 1.82) is 0 Å². The van der Waals surface area contributed by atoms with E-state index in [-0.39, 0.29) is 18.0 Å². The van der Waals surface area contributed by atoms with Crippen molar-refractivity contribution in [2.75, 3.05) is 0 Å². The molecule has 3 aromatic heterocycles. The third-order valence-electron chi connectivity index (χ3n) is 2.30. The molecular weight excluding hydrogens is 240 g/mol. The Labute approximate surface area is 103 Å². The summed E-state index contributed by atoms with van der Waals surface area (Å²) < 4.78 is 1.69. The quantitative estimate of drug-likeness (QED) is 0.710. The number of aromatic amines is 1. The largest absolute Gasteiger partial charge is 0.319 e. The SMILES string of the molecule is Cl.O=c1ccc2nn(-c3cccnc3)cc2[nH]1. The summed E-state index contributed by atoms with van der Waals surface area (Å²) in [5, 5.41) is 4.33. The fourth-order valence-electron chi connectivity index (χ4n) is 1.56. The van der Waals surface area contributed by atoms with Gasteiger partial charge in [0.1, 0.15) is 5.52 Å². The first-order chi connectivity index (χ1) is 7.83. The molecule has 0 radical (unpaired) electrons. The number of hydrogen-bond acceptors (Lipinski definition) is 3. The summed E-state index contributed by atoms with van der Waals surface area (Å²) in [7, 11) is 0. The van der Waals surface area contributed by atoms with Crippen LogP contribution in [0.2, 0.25) is 0 Å². The van der Waals surface area contributed by atoms with Crippen molar-refractivity contribution in [2.24, 2.45) is 0 Å². The molecule has 0 aromatic carbocycles. The van der Waals surface area contributed by atoms with E-state index in [0.29, 0.717) is 0 Å². The zero-order chi connectivity index (χ0) is 11.0. The highest BCUT2D eigenvalue weighted by molar-refractivity contribution is 5.85. The maximum Gasteiger partial charge on any atom is 0.248 e. The van der Waals surface area contributed by atoms with Gasteiger partial charge in [0.25, 0.3) is 0 Å². The van der Waals surface area contributed by atoms with E-state index in [9.17, 15) is 4.79 Å². The minimum atomic E-state index is -0.127. The van der Waals surface area contributed by atoms with Gasteiger partial charge in [0.05, 0.1) is 23.6 Å². The highest BCUT2D eigenvalue weighted by atomic mass is 35.5. The molecule has 6 heteroatoms. The second-order valence-electron chi connectivity index (χ2n) is 3.41. The highest BCUT2D eigenvalue weighted by Gasteiger charge is 2.02. The van der Waals surface area contributed by atoms with Gasteiger partial charge in [0.2, 0.25) is 5.56 Å². The predicted molar refractivity (Wildman–Crippen MR) is 66.7 cm³/mol. The van der Waals surface area contributed by atoms with Crippen LogP contribution >= 0.6 is 12.4 Å². The van der Waals surface area contributed by atoms with Crippen LogP contribution in [0.3, 0.4) is 0 Å². The lowest BCUT2D eigenvalue weighted by Crippen LogP contribution is -2.00. The Morgan fingerprint density at radius 2 is 2.12 bits per heavy atom. The number of hydrogen-bond donors (Lipinski definition) is 1. The summed E-state index contributed by atoms with van der Waals surface area (Å²) in [6.45, 7) is 0. The second-order valence-corrected chi connectivity index (χ2v) is 3.41. The number of aromatic nitrogens is 4. The number of nitrogens with zero attached hydrogens (tertiary/aromatic N) is 3. The molecule has 0 aliphatic rings. The van der Waals surface area contributed by atoms with E-state index in [4.69, 9.17) is 0 Å². The van der Waals surface area contributed by atoms with Gasteiger partial charge in [-0.1, -0.05) is 0 Å². The maximum absolute atomic E-state index is 11.1. The molecule has 86 valence electrons. The molecule has 1 N–H and O–H groups in total. The van der Waals surface area contributed by atoms with E-state index in [1.807, 2.05) is 12.1 Å². The first kappa shape index (κ1) is 11.3. The summed E-state index contributed by atoms with van der Waals surface area (Å²) in [6.07, 6.45) is 5.19. The van der Waals surface area contributed by atoms with Crippen LogP contribution < -0.4 is 5.56 Å². The molecule has 0 saturated heterocycles. The molecule has 0 aliphatic carbocycles. The minimum Gasteiger partial charge on any atom is -0.319 e. The van der Waals surface area contributed by atoms with Crippen LogP contribution in [0.25, 0.3) is 16.7 Å². The second kappa shape index (κ2) is 4.39. The number of fused-ring (bicyclic) bond motifs is 1. The van der Waals surface area contributed by atoms with Crippen LogP contribution in [0.5, 0.6) is 0 Å². The number of nitrogens with one attached hydrogen (secondary N) is 1. The van der Waals surface area contributed by atoms with Crippen LogP contribution in [0.1, 0.15) is 0 Å². The van der Waals surface area contributed by atoms with Gasteiger partial charge in [-0.2, -0.15) is 5.10 Å². The van der Waals surface area contributed by atoms with Crippen molar-refractivity contribution in [3.63, 3.8) is 0 Å². The summed E-state index contributed by atoms with van der Waals surface area (Å²) in [5.74, 6) is 0. The van der Waals surface area contributed by atoms with Gasteiger partial charge in [-0.15, -0.1) is 12.4 Å². The van der Waals surface area contributed by atoms with Gasteiger partial charge in [-0.25, -0.2) is 4.68 Å². The van der Waals surface area contributed by atoms with Gasteiger partial charge < -0.3 is 4.98 Å². The molecule has 0 atom stereocenters. The molecule has 0 unspecified atom stereocenters. The van der Waals surface area contributed by atoms with Gasteiger partial charge >= 0.3 is 0 Å². The predicted octanol–water partition coefficient (Wildman–Crippen LogP) is 1.53. The fraction of sp³-hybridized carbons (Fsp3) is 0. The minimum absolute atomic E-state index is 0. The van der Waals surface area contributed by atoms with E-state index >= 15 is 0 Å². The zero-order valence-corrected chi connectivity index (χ0v) is 9.52.